The average molecular weight is 449 g/mol. The van der Waals surface area contributed by atoms with Crippen LogP contribution in [0.5, 0.6) is 5.75 Å². The van der Waals surface area contributed by atoms with Gasteiger partial charge in [-0.25, -0.2) is 0 Å². The third-order valence-corrected chi connectivity index (χ3v) is 6.48. The summed E-state index contributed by atoms with van der Waals surface area (Å²) in [5.41, 5.74) is 1.65. The van der Waals surface area contributed by atoms with E-state index in [1.165, 1.54) is 0 Å². The minimum atomic E-state index is -0.613. The van der Waals surface area contributed by atoms with Crippen molar-refractivity contribution in [2.45, 2.75) is 38.1 Å². The standard InChI is InChI=1S/C20H21ClN4O4S/c1-3-4-14-22-18(29-24-14)17-11(2)10-30-20-16(19(27)25(17)20)23-15(26)9-28-13-7-5-12(21)6-8-13/h5-8,16,20H,3-4,9-10H2,1-2H3,(H,23,26)/t16-,20?/m1/s1. The van der Waals surface area contributed by atoms with Crippen LogP contribution >= 0.6 is 23.4 Å². The largest absolute Gasteiger partial charge is 0.484 e. The maximum Gasteiger partial charge on any atom is 0.274 e. The van der Waals surface area contributed by atoms with Gasteiger partial charge in [0.05, 0.1) is 0 Å². The van der Waals surface area contributed by atoms with Gasteiger partial charge in [-0.2, -0.15) is 4.98 Å². The molecule has 0 saturated carbocycles. The van der Waals surface area contributed by atoms with Gasteiger partial charge in [0, 0.05) is 17.2 Å². The van der Waals surface area contributed by atoms with Crippen LogP contribution in [0.3, 0.4) is 0 Å². The van der Waals surface area contributed by atoms with Crippen molar-refractivity contribution < 1.29 is 18.8 Å². The molecular weight excluding hydrogens is 428 g/mol. The van der Waals surface area contributed by atoms with E-state index < -0.39 is 6.04 Å². The zero-order chi connectivity index (χ0) is 21.3. The van der Waals surface area contributed by atoms with E-state index in [0.717, 1.165) is 12.0 Å². The van der Waals surface area contributed by atoms with E-state index in [9.17, 15) is 9.59 Å². The van der Waals surface area contributed by atoms with Gasteiger partial charge in [0.2, 0.25) is 0 Å². The zero-order valence-electron chi connectivity index (χ0n) is 16.6. The predicted octanol–water partition coefficient (Wildman–Crippen LogP) is 2.89. The quantitative estimate of drug-likeness (QED) is 0.650. The molecule has 2 aliphatic rings. The topological polar surface area (TPSA) is 97.6 Å². The van der Waals surface area contributed by atoms with Crippen molar-refractivity contribution in [1.82, 2.24) is 20.4 Å². The summed E-state index contributed by atoms with van der Waals surface area (Å²) in [6, 6.07) is 6.11. The second-order valence-corrected chi connectivity index (χ2v) is 8.63. The van der Waals surface area contributed by atoms with Gasteiger partial charge in [0.1, 0.15) is 22.9 Å². The van der Waals surface area contributed by atoms with Crippen molar-refractivity contribution in [1.29, 1.82) is 0 Å². The smallest absolute Gasteiger partial charge is 0.274 e. The summed E-state index contributed by atoms with van der Waals surface area (Å²) >= 11 is 7.43. The number of aryl methyl sites for hydroxylation is 1. The van der Waals surface area contributed by atoms with Crippen molar-refractivity contribution in [2.24, 2.45) is 0 Å². The van der Waals surface area contributed by atoms with Gasteiger partial charge in [0.25, 0.3) is 17.7 Å². The lowest BCUT2D eigenvalue weighted by molar-refractivity contribution is -0.144. The highest BCUT2D eigenvalue weighted by atomic mass is 35.5. The summed E-state index contributed by atoms with van der Waals surface area (Å²) in [4.78, 5) is 31.2. The number of β-lactam (4-membered cyclic amide) rings is 1. The molecule has 0 spiro atoms. The molecule has 1 N–H and O–H groups in total. The minimum absolute atomic E-state index is 0.186. The third-order valence-electron chi connectivity index (χ3n) is 4.80. The lowest BCUT2D eigenvalue weighted by atomic mass is 10.0. The first-order chi connectivity index (χ1) is 14.5. The number of carbonyl (C=O) groups excluding carboxylic acids is 2. The van der Waals surface area contributed by atoms with Crippen molar-refractivity contribution in [3.8, 4) is 5.75 Å². The van der Waals surface area contributed by atoms with Crippen LogP contribution < -0.4 is 10.1 Å². The second kappa shape index (κ2) is 8.69. The van der Waals surface area contributed by atoms with Crippen LogP contribution in [-0.2, 0) is 16.0 Å². The molecule has 4 rings (SSSR count). The van der Waals surface area contributed by atoms with Crippen LogP contribution in [0.2, 0.25) is 5.02 Å². The molecule has 3 heterocycles. The van der Waals surface area contributed by atoms with Crippen LogP contribution in [0.1, 0.15) is 32.0 Å². The van der Waals surface area contributed by atoms with Crippen LogP contribution in [-0.4, -0.2) is 50.6 Å². The number of halogens is 1. The van der Waals surface area contributed by atoms with Gasteiger partial charge >= 0.3 is 0 Å². The summed E-state index contributed by atoms with van der Waals surface area (Å²) in [6.45, 7) is 3.80. The zero-order valence-corrected chi connectivity index (χ0v) is 18.1. The molecule has 1 aromatic heterocycles. The maximum absolute atomic E-state index is 12.8. The fraction of sp³-hybridized carbons (Fsp3) is 0.400. The fourth-order valence-electron chi connectivity index (χ4n) is 3.35. The Morgan fingerprint density at radius 1 is 1.40 bits per heavy atom. The molecule has 0 aliphatic carbocycles. The molecule has 10 heteroatoms. The number of benzene rings is 1. The Hall–Kier alpha value is -2.52. The Morgan fingerprint density at radius 3 is 2.90 bits per heavy atom. The van der Waals surface area contributed by atoms with Crippen molar-refractivity contribution in [2.75, 3.05) is 12.4 Å². The number of fused-ring (bicyclic) bond motifs is 1. The molecular formula is C20H21ClN4O4S. The number of rotatable bonds is 7. The van der Waals surface area contributed by atoms with Gasteiger partial charge < -0.3 is 14.6 Å². The highest BCUT2D eigenvalue weighted by molar-refractivity contribution is 8.00. The first-order valence-electron chi connectivity index (χ1n) is 9.63. The molecule has 30 heavy (non-hydrogen) atoms. The highest BCUT2D eigenvalue weighted by Crippen LogP contribution is 2.43. The maximum atomic E-state index is 12.8. The van der Waals surface area contributed by atoms with Crippen LogP contribution in [0.4, 0.5) is 0 Å². The Bertz CT molecular complexity index is 991. The summed E-state index contributed by atoms with van der Waals surface area (Å²) in [5, 5.41) is 7.13. The molecule has 0 radical (unpaired) electrons. The van der Waals surface area contributed by atoms with Gasteiger partial charge in [0.15, 0.2) is 12.4 Å². The van der Waals surface area contributed by atoms with Crippen LogP contribution in [0.25, 0.3) is 5.70 Å². The van der Waals surface area contributed by atoms with Gasteiger partial charge in [-0.3, -0.25) is 14.5 Å². The second-order valence-electron chi connectivity index (χ2n) is 7.09. The number of nitrogens with zero attached hydrogens (tertiary/aromatic N) is 3. The number of aromatic nitrogens is 2. The molecule has 2 aliphatic heterocycles. The number of nitrogens with one attached hydrogen (secondary N) is 1. The molecule has 0 bridgehead atoms. The van der Waals surface area contributed by atoms with Crippen molar-refractivity contribution in [3.05, 3.63) is 46.6 Å². The first kappa shape index (κ1) is 20.7. The SMILES string of the molecule is CCCc1noc(C2=C(C)CSC3[C@H](NC(=O)COc4ccc(Cl)cc4)C(=O)N23)n1. The molecule has 1 aromatic carbocycles. The monoisotopic (exact) mass is 448 g/mol. The summed E-state index contributed by atoms with van der Waals surface area (Å²) in [5.74, 6) is 1.66. The number of carbonyl (C=O) groups is 2. The highest BCUT2D eigenvalue weighted by Gasteiger charge is 2.53. The normalized spacial score (nSPS) is 20.6. The summed E-state index contributed by atoms with van der Waals surface area (Å²) < 4.78 is 10.9. The van der Waals surface area contributed by atoms with E-state index in [4.69, 9.17) is 20.9 Å². The van der Waals surface area contributed by atoms with Crippen LogP contribution in [0, 0.1) is 0 Å². The summed E-state index contributed by atoms with van der Waals surface area (Å²) in [6.07, 6.45) is 1.62. The number of ether oxygens (including phenoxy) is 1. The molecule has 1 unspecified atom stereocenters. The lowest BCUT2D eigenvalue weighted by Crippen LogP contribution is -2.69. The molecule has 2 amide bonds. The van der Waals surface area contributed by atoms with Crippen molar-refractivity contribution >= 4 is 40.9 Å². The number of amides is 2. The fourth-order valence-corrected chi connectivity index (χ4v) is 4.76. The predicted molar refractivity (Wildman–Crippen MR) is 113 cm³/mol. The molecule has 1 saturated heterocycles. The van der Waals surface area contributed by atoms with E-state index in [0.29, 0.717) is 40.4 Å². The molecule has 1 fully saturated rings. The van der Waals surface area contributed by atoms with Gasteiger partial charge in [-0.05, 0) is 43.2 Å². The average Bonchev–Trinajstić information content (AvgIpc) is 3.20. The Morgan fingerprint density at radius 2 is 2.17 bits per heavy atom. The van der Waals surface area contributed by atoms with E-state index in [2.05, 4.69) is 15.5 Å². The number of thioether (sulfide) groups is 1. The lowest BCUT2D eigenvalue weighted by Gasteiger charge is -2.49. The Kier molecular flexibility index (Phi) is 6.01. The van der Waals surface area contributed by atoms with E-state index >= 15 is 0 Å². The number of hydrogen-bond acceptors (Lipinski definition) is 7. The Labute approximate surface area is 183 Å². The molecule has 2 atom stereocenters. The Balaban J connectivity index is 1.39. The minimum Gasteiger partial charge on any atom is -0.484 e. The summed E-state index contributed by atoms with van der Waals surface area (Å²) in [7, 11) is 0. The molecule has 158 valence electrons. The molecule has 2 aromatic rings. The van der Waals surface area contributed by atoms with Crippen LogP contribution in [0.15, 0.2) is 34.4 Å². The van der Waals surface area contributed by atoms with E-state index in [1.54, 1.807) is 40.9 Å². The van der Waals surface area contributed by atoms with E-state index in [-0.39, 0.29) is 23.8 Å². The van der Waals surface area contributed by atoms with Gasteiger partial charge in [-0.15, -0.1) is 11.8 Å². The third kappa shape index (κ3) is 4.04. The molecule has 8 nitrogen and oxygen atoms in total. The van der Waals surface area contributed by atoms with Gasteiger partial charge in [-0.1, -0.05) is 23.7 Å². The van der Waals surface area contributed by atoms with E-state index in [1.807, 2.05) is 13.8 Å². The number of hydrogen-bond donors (Lipinski definition) is 1. The first-order valence-corrected chi connectivity index (χ1v) is 11.1. The van der Waals surface area contributed by atoms with Crippen molar-refractivity contribution in [3.63, 3.8) is 0 Å².